The Labute approximate surface area is 171 Å². The number of aliphatic carboxylic acids is 1. The topological polar surface area (TPSA) is 86.7 Å². The molecule has 0 radical (unpaired) electrons. The van der Waals surface area contributed by atoms with Crippen molar-refractivity contribution in [3.63, 3.8) is 0 Å². The second-order valence-corrected chi connectivity index (χ2v) is 8.58. The molecule has 0 unspecified atom stereocenters. The van der Waals surface area contributed by atoms with Gasteiger partial charge in [0.25, 0.3) is 5.91 Å². The van der Waals surface area contributed by atoms with E-state index in [9.17, 15) is 19.5 Å². The van der Waals surface area contributed by atoms with E-state index in [0.29, 0.717) is 17.1 Å². The van der Waals surface area contributed by atoms with Crippen LogP contribution in [-0.4, -0.2) is 56.7 Å². The minimum absolute atomic E-state index is 0.282. The summed E-state index contributed by atoms with van der Waals surface area (Å²) in [6, 6.07) is 6.71. The predicted octanol–water partition coefficient (Wildman–Crippen LogP) is 2.52. The predicted molar refractivity (Wildman–Crippen MR) is 114 cm³/mol. The van der Waals surface area contributed by atoms with Crippen LogP contribution in [0, 0.1) is 6.92 Å². The van der Waals surface area contributed by atoms with Crippen molar-refractivity contribution in [1.29, 1.82) is 0 Å². The molecule has 0 spiro atoms. The summed E-state index contributed by atoms with van der Waals surface area (Å²) in [4.78, 5) is 37.6. The van der Waals surface area contributed by atoms with Crippen molar-refractivity contribution in [2.45, 2.75) is 19.4 Å². The van der Waals surface area contributed by atoms with Crippen LogP contribution in [0.25, 0.3) is 6.08 Å². The van der Waals surface area contributed by atoms with Gasteiger partial charge in [-0.15, -0.1) is 0 Å². The molecule has 1 heterocycles. The zero-order valence-corrected chi connectivity index (χ0v) is 17.4. The third-order valence-corrected chi connectivity index (χ3v) is 5.82. The smallest absolute Gasteiger partial charge is 0.326 e. The molecule has 1 aromatic rings. The van der Waals surface area contributed by atoms with Gasteiger partial charge in [0.2, 0.25) is 5.91 Å². The Hall–Kier alpha value is -1.84. The van der Waals surface area contributed by atoms with E-state index in [1.807, 2.05) is 37.4 Å². The molecule has 27 heavy (non-hydrogen) atoms. The van der Waals surface area contributed by atoms with Gasteiger partial charge in [0.15, 0.2) is 0 Å². The summed E-state index contributed by atoms with van der Waals surface area (Å²) < 4.78 is 0.282. The van der Waals surface area contributed by atoms with Gasteiger partial charge in [-0.2, -0.15) is 11.8 Å². The summed E-state index contributed by atoms with van der Waals surface area (Å²) in [6.07, 6.45) is 3.91. The molecule has 2 N–H and O–H groups in total. The maximum Gasteiger partial charge on any atom is 0.326 e. The lowest BCUT2D eigenvalue weighted by Crippen LogP contribution is -2.46. The number of hydrogen-bond donors (Lipinski definition) is 2. The average Bonchev–Trinajstić information content (AvgIpc) is 2.87. The monoisotopic (exact) mass is 424 g/mol. The van der Waals surface area contributed by atoms with Crippen LogP contribution in [0.2, 0.25) is 0 Å². The second-order valence-electron chi connectivity index (χ2n) is 5.92. The first-order valence-electron chi connectivity index (χ1n) is 8.15. The van der Waals surface area contributed by atoms with Crippen molar-refractivity contribution in [2.75, 3.05) is 18.6 Å². The van der Waals surface area contributed by atoms with Gasteiger partial charge >= 0.3 is 5.97 Å². The lowest BCUT2D eigenvalue weighted by Gasteiger charge is -2.17. The summed E-state index contributed by atoms with van der Waals surface area (Å²) in [5.74, 6) is -1.38. The van der Waals surface area contributed by atoms with Gasteiger partial charge in [-0.3, -0.25) is 14.5 Å². The Morgan fingerprint density at radius 1 is 1.37 bits per heavy atom. The molecule has 1 atom stereocenters. The van der Waals surface area contributed by atoms with Gasteiger partial charge < -0.3 is 10.4 Å². The van der Waals surface area contributed by atoms with Gasteiger partial charge in [0.1, 0.15) is 16.9 Å². The number of carboxylic acids is 1. The van der Waals surface area contributed by atoms with E-state index in [4.69, 9.17) is 12.2 Å². The number of thioether (sulfide) groups is 2. The molecule has 6 nitrogen and oxygen atoms in total. The van der Waals surface area contributed by atoms with Crippen LogP contribution in [0.1, 0.15) is 17.5 Å². The van der Waals surface area contributed by atoms with Crippen molar-refractivity contribution in [3.05, 3.63) is 40.3 Å². The van der Waals surface area contributed by atoms with E-state index in [1.165, 1.54) is 16.7 Å². The van der Waals surface area contributed by atoms with Crippen LogP contribution in [0.5, 0.6) is 0 Å². The number of carbonyl (C=O) groups excluding carboxylic acids is 2. The standard InChI is InChI=1S/C18H20N2O4S3/c1-11-3-5-12(6-4-11)9-14-16(22)20(18(25)27-14)10-15(21)19-13(17(23)24)7-8-26-2/h3-6,9,13H,7-8,10H2,1-2H3,(H,19,21)(H,23,24)/b14-9+/t13-/m0/s1. The second kappa shape index (κ2) is 9.91. The normalized spacial score (nSPS) is 16.7. The molecule has 144 valence electrons. The highest BCUT2D eigenvalue weighted by Crippen LogP contribution is 2.32. The molecule has 2 rings (SSSR count). The molecular weight excluding hydrogens is 404 g/mol. The molecule has 0 aromatic heterocycles. The summed E-state index contributed by atoms with van der Waals surface area (Å²) in [5.41, 5.74) is 1.99. The van der Waals surface area contributed by atoms with Crippen molar-refractivity contribution >= 4 is 63.9 Å². The zero-order chi connectivity index (χ0) is 20.0. The molecule has 1 fully saturated rings. The molecule has 1 saturated heterocycles. The summed E-state index contributed by atoms with van der Waals surface area (Å²) in [5, 5.41) is 11.7. The first kappa shape index (κ1) is 21.5. The summed E-state index contributed by atoms with van der Waals surface area (Å²) in [6.45, 7) is 1.68. The number of carbonyl (C=O) groups is 3. The van der Waals surface area contributed by atoms with Crippen molar-refractivity contribution in [2.24, 2.45) is 0 Å². The summed E-state index contributed by atoms with van der Waals surface area (Å²) >= 11 is 7.84. The molecule has 0 saturated carbocycles. The maximum absolute atomic E-state index is 12.6. The zero-order valence-electron chi connectivity index (χ0n) is 14.9. The van der Waals surface area contributed by atoms with Crippen LogP contribution in [0.4, 0.5) is 0 Å². The van der Waals surface area contributed by atoms with E-state index in [0.717, 1.165) is 22.9 Å². The highest BCUT2D eigenvalue weighted by molar-refractivity contribution is 8.26. The number of carboxylic acid groups (broad SMARTS) is 1. The number of aryl methyl sites for hydroxylation is 1. The Bertz CT molecular complexity index is 777. The van der Waals surface area contributed by atoms with Gasteiger partial charge in [-0.05, 0) is 37.0 Å². The van der Waals surface area contributed by atoms with Gasteiger partial charge in [0.05, 0.1) is 4.91 Å². The van der Waals surface area contributed by atoms with Crippen LogP contribution < -0.4 is 5.32 Å². The molecule has 1 aliphatic heterocycles. The highest BCUT2D eigenvalue weighted by Gasteiger charge is 2.34. The first-order valence-corrected chi connectivity index (χ1v) is 10.8. The molecule has 0 aliphatic carbocycles. The minimum Gasteiger partial charge on any atom is -0.480 e. The lowest BCUT2D eigenvalue weighted by molar-refractivity contribution is -0.142. The molecule has 1 aromatic carbocycles. The van der Waals surface area contributed by atoms with Crippen molar-refractivity contribution in [1.82, 2.24) is 10.2 Å². The lowest BCUT2D eigenvalue weighted by atomic mass is 10.1. The van der Waals surface area contributed by atoms with E-state index in [1.54, 1.807) is 6.08 Å². The van der Waals surface area contributed by atoms with Crippen LogP contribution in [0.15, 0.2) is 29.2 Å². The van der Waals surface area contributed by atoms with E-state index in [-0.39, 0.29) is 16.8 Å². The number of rotatable bonds is 8. The molecular formula is C18H20N2O4S3. The van der Waals surface area contributed by atoms with Gasteiger partial charge in [-0.1, -0.05) is 53.8 Å². The van der Waals surface area contributed by atoms with Gasteiger partial charge in [0, 0.05) is 0 Å². The number of amides is 2. The average molecular weight is 425 g/mol. The first-order chi connectivity index (χ1) is 12.8. The molecule has 9 heteroatoms. The Balaban J connectivity index is 2.03. The minimum atomic E-state index is -1.10. The Kier molecular flexibility index (Phi) is 7.88. The van der Waals surface area contributed by atoms with Gasteiger partial charge in [-0.25, -0.2) is 4.79 Å². The fourth-order valence-corrected chi connectivity index (χ4v) is 4.05. The number of hydrogen-bond acceptors (Lipinski definition) is 6. The van der Waals surface area contributed by atoms with Crippen LogP contribution >= 0.6 is 35.7 Å². The highest BCUT2D eigenvalue weighted by atomic mass is 32.2. The van der Waals surface area contributed by atoms with Crippen molar-refractivity contribution in [3.8, 4) is 0 Å². The third-order valence-electron chi connectivity index (χ3n) is 3.79. The number of nitrogens with one attached hydrogen (secondary N) is 1. The Morgan fingerprint density at radius 3 is 2.63 bits per heavy atom. The largest absolute Gasteiger partial charge is 0.480 e. The third kappa shape index (κ3) is 6.08. The number of benzene rings is 1. The molecule has 2 amide bonds. The fourth-order valence-electron chi connectivity index (χ4n) is 2.33. The van der Waals surface area contributed by atoms with Crippen LogP contribution in [-0.2, 0) is 14.4 Å². The van der Waals surface area contributed by atoms with E-state index < -0.39 is 17.9 Å². The molecule has 1 aliphatic rings. The van der Waals surface area contributed by atoms with Crippen LogP contribution in [0.3, 0.4) is 0 Å². The fraction of sp³-hybridized carbons (Fsp3) is 0.333. The van der Waals surface area contributed by atoms with E-state index >= 15 is 0 Å². The van der Waals surface area contributed by atoms with Crippen molar-refractivity contribution < 1.29 is 19.5 Å². The maximum atomic E-state index is 12.6. The SMILES string of the molecule is CSCC[C@H](NC(=O)CN1C(=O)/C(=C\c2ccc(C)cc2)SC1=S)C(=O)O. The van der Waals surface area contributed by atoms with E-state index in [2.05, 4.69) is 5.32 Å². The summed E-state index contributed by atoms with van der Waals surface area (Å²) in [7, 11) is 0. The number of thiocarbonyl (C=S) groups is 1. The number of nitrogens with zero attached hydrogens (tertiary/aromatic N) is 1. The quantitative estimate of drug-likeness (QED) is 0.490. The Morgan fingerprint density at radius 2 is 2.04 bits per heavy atom. The molecule has 0 bridgehead atoms.